The number of benzene rings is 1. The molecular weight excluding hydrogens is 235 g/mol. The van der Waals surface area contributed by atoms with Crippen molar-refractivity contribution in [1.29, 1.82) is 0 Å². The van der Waals surface area contributed by atoms with Crippen LogP contribution in [0, 0.1) is 11.7 Å². The molecule has 1 atom stereocenters. The fourth-order valence-corrected chi connectivity index (χ4v) is 2.97. The molecule has 1 unspecified atom stereocenters. The van der Waals surface area contributed by atoms with Gasteiger partial charge in [-0.05, 0) is 12.1 Å². The van der Waals surface area contributed by atoms with Crippen LogP contribution in [0.25, 0.3) is 0 Å². The highest BCUT2D eigenvalue weighted by Gasteiger charge is 2.24. The first-order chi connectivity index (χ1) is 7.09. The summed E-state index contributed by atoms with van der Waals surface area (Å²) in [5, 5.41) is 0.290. The Labute approximate surface area is 97.0 Å². The lowest BCUT2D eigenvalue weighted by molar-refractivity contribution is 0.0941. The molecule has 0 saturated heterocycles. The van der Waals surface area contributed by atoms with Crippen LogP contribution in [0.3, 0.4) is 0 Å². The molecule has 1 heterocycles. The van der Waals surface area contributed by atoms with Gasteiger partial charge in [0.05, 0.1) is 0 Å². The van der Waals surface area contributed by atoms with Crippen LogP contribution in [0.5, 0.6) is 0 Å². The smallest absolute Gasteiger partial charge is 0.166 e. The third-order valence-electron chi connectivity index (χ3n) is 2.49. The molecule has 1 aliphatic heterocycles. The molecule has 2 rings (SSSR count). The van der Waals surface area contributed by atoms with Gasteiger partial charge in [0.1, 0.15) is 5.82 Å². The van der Waals surface area contributed by atoms with Crippen LogP contribution in [0.4, 0.5) is 4.39 Å². The third-order valence-corrected chi connectivity index (χ3v) is 3.93. The van der Waals surface area contributed by atoms with E-state index in [2.05, 4.69) is 0 Å². The van der Waals surface area contributed by atoms with E-state index in [1.54, 1.807) is 17.8 Å². The Morgan fingerprint density at radius 1 is 1.53 bits per heavy atom. The molecule has 0 fully saturated rings. The number of thioether (sulfide) groups is 1. The highest BCUT2D eigenvalue weighted by Crippen LogP contribution is 2.30. The average Bonchev–Trinajstić information content (AvgIpc) is 2.30. The van der Waals surface area contributed by atoms with E-state index in [9.17, 15) is 9.18 Å². The molecule has 0 aliphatic carbocycles. The molecule has 0 N–H and O–H groups in total. The van der Waals surface area contributed by atoms with Gasteiger partial charge in [-0.1, -0.05) is 18.5 Å². The molecule has 1 nitrogen and oxygen atoms in total. The molecule has 4 heteroatoms. The van der Waals surface area contributed by atoms with Crippen LogP contribution in [-0.4, -0.2) is 11.5 Å². The van der Waals surface area contributed by atoms with E-state index in [1.807, 2.05) is 6.92 Å². The Hall–Kier alpha value is -0.540. The Balaban J connectivity index is 2.58. The quantitative estimate of drug-likeness (QED) is 0.694. The number of ketones is 1. The van der Waals surface area contributed by atoms with Gasteiger partial charge in [-0.25, -0.2) is 4.39 Å². The van der Waals surface area contributed by atoms with Crippen LogP contribution in [0.1, 0.15) is 22.8 Å². The number of rotatable bonds is 0. The van der Waals surface area contributed by atoms with E-state index in [0.717, 1.165) is 5.75 Å². The summed E-state index contributed by atoms with van der Waals surface area (Å²) in [6.45, 7) is 1.86. The maximum atomic E-state index is 13.6. The van der Waals surface area contributed by atoms with Crippen LogP contribution in [-0.2, 0) is 5.75 Å². The first-order valence-corrected chi connectivity index (χ1v) is 6.22. The summed E-state index contributed by atoms with van der Waals surface area (Å²) in [5.41, 5.74) is 0.955. The van der Waals surface area contributed by atoms with Gasteiger partial charge in [0.2, 0.25) is 0 Å². The Morgan fingerprint density at radius 3 is 3.00 bits per heavy atom. The SMILES string of the molecule is CC1CSCc2c(F)cc(Cl)cc2C1=O. The predicted molar refractivity (Wildman–Crippen MR) is 61.1 cm³/mol. The normalized spacial score (nSPS) is 21.0. The monoisotopic (exact) mass is 244 g/mol. The first-order valence-electron chi connectivity index (χ1n) is 4.69. The Kier molecular flexibility index (Phi) is 3.03. The first kappa shape index (κ1) is 11.0. The molecule has 0 saturated carbocycles. The van der Waals surface area contributed by atoms with Gasteiger partial charge < -0.3 is 0 Å². The number of carbonyl (C=O) groups excluding carboxylic acids is 1. The van der Waals surface area contributed by atoms with Crippen LogP contribution >= 0.6 is 23.4 Å². The Morgan fingerprint density at radius 2 is 2.27 bits per heavy atom. The van der Waals surface area contributed by atoms with Crippen molar-refractivity contribution >= 4 is 29.1 Å². The minimum atomic E-state index is -0.368. The summed E-state index contributed by atoms with van der Waals surface area (Å²) in [5.74, 6) is 0.858. The fraction of sp³-hybridized carbons (Fsp3) is 0.364. The van der Waals surface area contributed by atoms with E-state index >= 15 is 0 Å². The topological polar surface area (TPSA) is 17.1 Å². The van der Waals surface area contributed by atoms with E-state index in [4.69, 9.17) is 11.6 Å². The molecule has 0 aromatic heterocycles. The molecule has 0 spiro atoms. The second-order valence-corrected chi connectivity index (χ2v) is 5.16. The lowest BCUT2D eigenvalue weighted by Crippen LogP contribution is -2.13. The van der Waals surface area contributed by atoms with Crippen molar-refractivity contribution < 1.29 is 9.18 Å². The average molecular weight is 245 g/mol. The van der Waals surface area contributed by atoms with Crippen molar-refractivity contribution in [3.05, 3.63) is 34.1 Å². The second kappa shape index (κ2) is 4.14. The summed E-state index contributed by atoms with van der Waals surface area (Å²) >= 11 is 7.34. The molecule has 1 aliphatic rings. The summed E-state index contributed by atoms with van der Waals surface area (Å²) in [4.78, 5) is 11.9. The van der Waals surface area contributed by atoms with Crippen LogP contribution in [0.15, 0.2) is 12.1 Å². The number of hydrogen-bond donors (Lipinski definition) is 0. The maximum Gasteiger partial charge on any atom is 0.166 e. The Bertz CT molecular complexity index is 419. The van der Waals surface area contributed by atoms with Gasteiger partial charge in [0, 0.05) is 33.6 Å². The van der Waals surface area contributed by atoms with E-state index in [1.165, 1.54) is 6.07 Å². The van der Waals surface area contributed by atoms with Crippen molar-refractivity contribution in [2.75, 3.05) is 5.75 Å². The number of hydrogen-bond acceptors (Lipinski definition) is 2. The van der Waals surface area contributed by atoms with E-state index < -0.39 is 0 Å². The van der Waals surface area contributed by atoms with E-state index in [0.29, 0.717) is 21.9 Å². The van der Waals surface area contributed by atoms with Crippen molar-refractivity contribution in [3.63, 3.8) is 0 Å². The lowest BCUT2D eigenvalue weighted by atomic mass is 9.97. The van der Waals surface area contributed by atoms with Crippen LogP contribution in [0.2, 0.25) is 5.02 Å². The molecule has 0 bridgehead atoms. The van der Waals surface area contributed by atoms with Gasteiger partial charge in [-0.2, -0.15) is 11.8 Å². The molecule has 80 valence electrons. The van der Waals surface area contributed by atoms with Gasteiger partial charge in [0.25, 0.3) is 0 Å². The zero-order valence-electron chi connectivity index (χ0n) is 8.22. The second-order valence-electron chi connectivity index (χ2n) is 3.69. The van der Waals surface area contributed by atoms with Crippen molar-refractivity contribution in [3.8, 4) is 0 Å². The molecular formula is C11H10ClFOS. The third kappa shape index (κ3) is 2.04. The van der Waals surface area contributed by atoms with Crippen molar-refractivity contribution in [2.24, 2.45) is 5.92 Å². The molecule has 15 heavy (non-hydrogen) atoms. The van der Waals surface area contributed by atoms with Gasteiger partial charge in [0.15, 0.2) is 5.78 Å². The molecule has 1 aromatic carbocycles. The van der Waals surface area contributed by atoms with Crippen molar-refractivity contribution in [2.45, 2.75) is 12.7 Å². The fourth-order valence-electron chi connectivity index (χ4n) is 1.65. The summed E-state index contributed by atoms with van der Waals surface area (Å²) < 4.78 is 13.6. The van der Waals surface area contributed by atoms with Crippen molar-refractivity contribution in [1.82, 2.24) is 0 Å². The summed E-state index contributed by atoms with van der Waals surface area (Å²) in [6.07, 6.45) is 0. The number of carbonyl (C=O) groups is 1. The van der Waals surface area contributed by atoms with E-state index in [-0.39, 0.29) is 17.5 Å². The molecule has 0 amide bonds. The van der Waals surface area contributed by atoms with Crippen LogP contribution < -0.4 is 0 Å². The highest BCUT2D eigenvalue weighted by atomic mass is 35.5. The standard InChI is InChI=1S/C11H10ClFOS/c1-6-4-15-5-9-8(11(6)14)2-7(12)3-10(9)13/h2-3,6H,4-5H2,1H3. The zero-order valence-corrected chi connectivity index (χ0v) is 9.79. The van der Waals surface area contributed by atoms with Gasteiger partial charge in [-0.3, -0.25) is 4.79 Å². The summed E-state index contributed by atoms with van der Waals surface area (Å²) in [6, 6.07) is 2.84. The largest absolute Gasteiger partial charge is 0.294 e. The predicted octanol–water partition coefficient (Wildman–Crippen LogP) is 3.54. The zero-order chi connectivity index (χ0) is 11.0. The highest BCUT2D eigenvalue weighted by molar-refractivity contribution is 7.98. The molecule has 1 aromatic rings. The maximum absolute atomic E-state index is 13.6. The number of Topliss-reactive ketones (excluding diaryl/α,β-unsaturated/α-hetero) is 1. The van der Waals surface area contributed by atoms with Gasteiger partial charge in [-0.15, -0.1) is 0 Å². The molecule has 0 radical (unpaired) electrons. The minimum absolute atomic E-state index is 0.00333. The minimum Gasteiger partial charge on any atom is -0.294 e. The lowest BCUT2D eigenvalue weighted by Gasteiger charge is -2.08. The summed E-state index contributed by atoms with van der Waals surface area (Å²) in [7, 11) is 0. The number of fused-ring (bicyclic) bond motifs is 1. The number of halogens is 2. The van der Waals surface area contributed by atoms with Gasteiger partial charge >= 0.3 is 0 Å².